The first-order valence-corrected chi connectivity index (χ1v) is 6.12. The fraction of sp³-hybridized carbons (Fsp3) is 0.417. The summed E-state index contributed by atoms with van der Waals surface area (Å²) in [5.74, 6) is -0.0129. The van der Waals surface area contributed by atoms with Crippen molar-refractivity contribution in [1.82, 2.24) is 5.32 Å². The molecule has 0 saturated carbocycles. The first kappa shape index (κ1) is 14.4. The highest BCUT2D eigenvalue weighted by Crippen LogP contribution is 2.09. The molecule has 1 aromatic carbocycles. The Balaban J connectivity index is 2.17. The van der Waals surface area contributed by atoms with E-state index in [1.807, 2.05) is 12.1 Å². The summed E-state index contributed by atoms with van der Waals surface area (Å²) in [6.45, 7) is 1.08. The Morgan fingerprint density at radius 1 is 1.33 bits per heavy atom. The van der Waals surface area contributed by atoms with Crippen LogP contribution in [0, 0.1) is 0 Å². The van der Waals surface area contributed by atoms with E-state index in [4.69, 9.17) is 17.1 Å². The lowest BCUT2D eigenvalue weighted by Gasteiger charge is -2.04. The summed E-state index contributed by atoms with van der Waals surface area (Å²) < 4.78 is 0. The standard InChI is InChI=1S/C12H15ClN4O/c13-11-5-3-10(4-6-11)9-12(18)15-7-1-2-8-16-17-14/h3-6H,1-2,7-9H2,(H,15,18). The molecule has 0 bridgehead atoms. The molecule has 18 heavy (non-hydrogen) atoms. The second kappa shape index (κ2) is 8.39. The molecule has 0 spiro atoms. The molecule has 1 amide bonds. The number of benzene rings is 1. The van der Waals surface area contributed by atoms with Crippen molar-refractivity contribution in [2.24, 2.45) is 5.11 Å². The summed E-state index contributed by atoms with van der Waals surface area (Å²) >= 11 is 5.76. The first-order valence-electron chi connectivity index (χ1n) is 5.74. The van der Waals surface area contributed by atoms with Crippen LogP contribution in [0.2, 0.25) is 5.02 Å². The van der Waals surface area contributed by atoms with Crippen LogP contribution < -0.4 is 5.32 Å². The molecule has 0 aliphatic rings. The Hall–Kier alpha value is -1.71. The van der Waals surface area contributed by atoms with Crippen molar-refractivity contribution in [2.75, 3.05) is 13.1 Å². The van der Waals surface area contributed by atoms with Gasteiger partial charge in [-0.05, 0) is 36.1 Å². The summed E-state index contributed by atoms with van der Waals surface area (Å²) in [4.78, 5) is 14.2. The SMILES string of the molecule is [N-]=[N+]=NCCCCNC(=O)Cc1ccc(Cl)cc1. The van der Waals surface area contributed by atoms with Crippen molar-refractivity contribution in [3.05, 3.63) is 45.3 Å². The van der Waals surface area contributed by atoms with Crippen LogP contribution in [0.25, 0.3) is 10.4 Å². The number of unbranched alkanes of at least 4 members (excludes halogenated alkanes) is 1. The number of carbonyl (C=O) groups is 1. The van der Waals surface area contributed by atoms with Crippen LogP contribution in [0.5, 0.6) is 0 Å². The second-order valence-corrected chi connectivity index (χ2v) is 4.25. The number of amides is 1. The molecule has 0 radical (unpaired) electrons. The zero-order chi connectivity index (χ0) is 13.2. The number of hydrogen-bond acceptors (Lipinski definition) is 2. The molecule has 1 rings (SSSR count). The van der Waals surface area contributed by atoms with Gasteiger partial charge in [-0.3, -0.25) is 4.79 Å². The van der Waals surface area contributed by atoms with Gasteiger partial charge in [-0.1, -0.05) is 28.8 Å². The van der Waals surface area contributed by atoms with E-state index in [0.29, 0.717) is 24.5 Å². The number of hydrogen-bond donors (Lipinski definition) is 1. The molecule has 96 valence electrons. The third-order valence-electron chi connectivity index (χ3n) is 2.35. The van der Waals surface area contributed by atoms with E-state index in [-0.39, 0.29) is 5.91 Å². The summed E-state index contributed by atoms with van der Waals surface area (Å²) in [7, 11) is 0. The Kier molecular flexibility index (Phi) is 6.69. The maximum absolute atomic E-state index is 11.6. The molecule has 0 atom stereocenters. The van der Waals surface area contributed by atoms with Gasteiger partial charge in [0.15, 0.2) is 0 Å². The van der Waals surface area contributed by atoms with Gasteiger partial charge in [-0.15, -0.1) is 0 Å². The predicted octanol–water partition coefficient (Wildman–Crippen LogP) is 3.09. The van der Waals surface area contributed by atoms with Crippen molar-refractivity contribution >= 4 is 17.5 Å². The Morgan fingerprint density at radius 2 is 2.06 bits per heavy atom. The van der Waals surface area contributed by atoms with E-state index in [1.165, 1.54) is 0 Å². The van der Waals surface area contributed by atoms with Gasteiger partial charge in [0.2, 0.25) is 5.91 Å². The van der Waals surface area contributed by atoms with E-state index in [2.05, 4.69) is 15.3 Å². The van der Waals surface area contributed by atoms with Gasteiger partial charge in [-0.25, -0.2) is 0 Å². The van der Waals surface area contributed by atoms with Crippen molar-refractivity contribution in [3.8, 4) is 0 Å². The minimum atomic E-state index is -0.0129. The van der Waals surface area contributed by atoms with E-state index in [9.17, 15) is 4.79 Å². The quantitative estimate of drug-likeness (QED) is 0.350. The van der Waals surface area contributed by atoms with Gasteiger partial charge < -0.3 is 5.32 Å². The van der Waals surface area contributed by atoms with Crippen LogP contribution in [-0.2, 0) is 11.2 Å². The molecule has 0 saturated heterocycles. The molecule has 0 heterocycles. The van der Waals surface area contributed by atoms with Crippen LogP contribution in [0.3, 0.4) is 0 Å². The molecule has 0 aliphatic carbocycles. The predicted molar refractivity (Wildman–Crippen MR) is 71.4 cm³/mol. The van der Waals surface area contributed by atoms with Crippen molar-refractivity contribution in [2.45, 2.75) is 19.3 Å². The van der Waals surface area contributed by atoms with Gasteiger partial charge in [0.25, 0.3) is 0 Å². The summed E-state index contributed by atoms with van der Waals surface area (Å²) in [6.07, 6.45) is 1.95. The molecule has 0 aliphatic heterocycles. The van der Waals surface area contributed by atoms with Crippen LogP contribution in [0.15, 0.2) is 29.4 Å². The Bertz CT molecular complexity index is 426. The largest absolute Gasteiger partial charge is 0.356 e. The molecule has 6 heteroatoms. The molecule has 1 N–H and O–H groups in total. The summed E-state index contributed by atoms with van der Waals surface area (Å²) in [5, 5.41) is 6.90. The Labute approximate surface area is 111 Å². The lowest BCUT2D eigenvalue weighted by Crippen LogP contribution is -2.26. The van der Waals surface area contributed by atoms with Crippen LogP contribution in [-0.4, -0.2) is 19.0 Å². The van der Waals surface area contributed by atoms with Crippen LogP contribution >= 0.6 is 11.6 Å². The van der Waals surface area contributed by atoms with Gasteiger partial charge in [0.05, 0.1) is 6.42 Å². The van der Waals surface area contributed by atoms with Crippen molar-refractivity contribution in [1.29, 1.82) is 0 Å². The minimum Gasteiger partial charge on any atom is -0.356 e. The zero-order valence-electron chi connectivity index (χ0n) is 9.97. The third kappa shape index (κ3) is 6.13. The average molecular weight is 267 g/mol. The molecule has 5 nitrogen and oxygen atoms in total. The summed E-state index contributed by atoms with van der Waals surface area (Å²) in [5.41, 5.74) is 9.01. The topological polar surface area (TPSA) is 77.9 Å². The fourth-order valence-electron chi connectivity index (χ4n) is 1.43. The molecule has 0 fully saturated rings. The number of rotatable bonds is 7. The highest BCUT2D eigenvalue weighted by Gasteiger charge is 2.02. The molecule has 1 aromatic rings. The normalized spacial score (nSPS) is 9.61. The average Bonchev–Trinajstić information content (AvgIpc) is 2.36. The Morgan fingerprint density at radius 3 is 2.72 bits per heavy atom. The summed E-state index contributed by atoms with van der Waals surface area (Å²) in [6, 6.07) is 7.21. The number of nitrogens with zero attached hydrogens (tertiary/aromatic N) is 3. The smallest absolute Gasteiger partial charge is 0.224 e. The van der Waals surface area contributed by atoms with Gasteiger partial charge >= 0.3 is 0 Å². The lowest BCUT2D eigenvalue weighted by molar-refractivity contribution is -0.120. The third-order valence-corrected chi connectivity index (χ3v) is 2.60. The lowest BCUT2D eigenvalue weighted by atomic mass is 10.1. The van der Waals surface area contributed by atoms with Crippen molar-refractivity contribution < 1.29 is 4.79 Å². The number of nitrogens with one attached hydrogen (secondary N) is 1. The van der Waals surface area contributed by atoms with E-state index >= 15 is 0 Å². The maximum atomic E-state index is 11.6. The fourth-order valence-corrected chi connectivity index (χ4v) is 1.56. The van der Waals surface area contributed by atoms with Crippen molar-refractivity contribution in [3.63, 3.8) is 0 Å². The first-order chi connectivity index (χ1) is 8.72. The van der Waals surface area contributed by atoms with E-state index < -0.39 is 0 Å². The molecular weight excluding hydrogens is 252 g/mol. The molecule has 0 unspecified atom stereocenters. The van der Waals surface area contributed by atoms with E-state index in [1.54, 1.807) is 12.1 Å². The molecular formula is C12H15ClN4O. The zero-order valence-corrected chi connectivity index (χ0v) is 10.7. The monoisotopic (exact) mass is 266 g/mol. The van der Waals surface area contributed by atoms with Gasteiger partial charge in [0, 0.05) is 23.0 Å². The number of halogens is 1. The van der Waals surface area contributed by atoms with Crippen LogP contribution in [0.1, 0.15) is 18.4 Å². The van der Waals surface area contributed by atoms with E-state index in [0.717, 1.165) is 18.4 Å². The second-order valence-electron chi connectivity index (χ2n) is 3.81. The highest BCUT2D eigenvalue weighted by molar-refractivity contribution is 6.30. The minimum absolute atomic E-state index is 0.0129. The van der Waals surface area contributed by atoms with Gasteiger partial charge in [-0.2, -0.15) is 0 Å². The van der Waals surface area contributed by atoms with Crippen LogP contribution in [0.4, 0.5) is 0 Å². The number of azide groups is 1. The maximum Gasteiger partial charge on any atom is 0.224 e. The highest BCUT2D eigenvalue weighted by atomic mass is 35.5. The number of carbonyl (C=O) groups excluding carboxylic acids is 1. The molecule has 0 aromatic heterocycles. The van der Waals surface area contributed by atoms with Gasteiger partial charge in [0.1, 0.15) is 0 Å².